The van der Waals surface area contributed by atoms with Crippen molar-refractivity contribution < 1.29 is 9.84 Å². The Labute approximate surface area is 93.2 Å². The largest absolute Gasteiger partial charge is 0.393 e. The second kappa shape index (κ2) is 6.46. The fourth-order valence-electron chi connectivity index (χ4n) is 1.90. The molecule has 0 saturated carbocycles. The first-order chi connectivity index (χ1) is 7.16. The second-order valence-electron chi connectivity index (χ2n) is 4.95. The van der Waals surface area contributed by atoms with Gasteiger partial charge in [-0.25, -0.2) is 0 Å². The summed E-state index contributed by atoms with van der Waals surface area (Å²) in [5.74, 6) is 0. The van der Waals surface area contributed by atoms with E-state index >= 15 is 0 Å². The predicted octanol–water partition coefficient (Wildman–Crippen LogP) is 1.55. The van der Waals surface area contributed by atoms with Gasteiger partial charge in [0, 0.05) is 19.8 Å². The average Bonchev–Trinajstić information content (AvgIpc) is 2.25. The van der Waals surface area contributed by atoms with Crippen molar-refractivity contribution in [3.63, 3.8) is 0 Å². The molecule has 0 aliphatic carbocycles. The third-order valence-corrected chi connectivity index (χ3v) is 3.38. The van der Waals surface area contributed by atoms with Gasteiger partial charge in [0.1, 0.15) is 0 Å². The van der Waals surface area contributed by atoms with Gasteiger partial charge in [0.25, 0.3) is 0 Å². The number of nitrogens with one attached hydrogen (secondary N) is 1. The summed E-state index contributed by atoms with van der Waals surface area (Å²) in [4.78, 5) is 0. The van der Waals surface area contributed by atoms with E-state index in [1.165, 1.54) is 0 Å². The molecule has 1 atom stereocenters. The SMILES string of the molecule is CCC(O)CCNCC1(C)CCOCC1. The van der Waals surface area contributed by atoms with E-state index in [1.807, 2.05) is 6.92 Å². The Hall–Kier alpha value is -0.120. The van der Waals surface area contributed by atoms with Crippen LogP contribution in [0.25, 0.3) is 0 Å². The summed E-state index contributed by atoms with van der Waals surface area (Å²) >= 11 is 0. The zero-order chi connectivity index (χ0) is 11.1. The molecule has 1 aliphatic heterocycles. The first-order valence-corrected chi connectivity index (χ1v) is 6.13. The molecule has 1 fully saturated rings. The summed E-state index contributed by atoms with van der Waals surface area (Å²) in [7, 11) is 0. The zero-order valence-electron chi connectivity index (χ0n) is 10.1. The van der Waals surface area contributed by atoms with Crippen molar-refractivity contribution >= 4 is 0 Å². The van der Waals surface area contributed by atoms with Gasteiger partial charge in [0.15, 0.2) is 0 Å². The molecule has 1 aliphatic rings. The molecule has 1 unspecified atom stereocenters. The number of hydrogen-bond acceptors (Lipinski definition) is 3. The van der Waals surface area contributed by atoms with Gasteiger partial charge in [0.2, 0.25) is 0 Å². The first kappa shape index (κ1) is 12.9. The molecule has 1 rings (SSSR count). The van der Waals surface area contributed by atoms with Gasteiger partial charge < -0.3 is 15.2 Å². The van der Waals surface area contributed by atoms with Crippen LogP contribution >= 0.6 is 0 Å². The van der Waals surface area contributed by atoms with E-state index < -0.39 is 0 Å². The smallest absolute Gasteiger partial charge is 0.0549 e. The zero-order valence-corrected chi connectivity index (χ0v) is 10.1. The van der Waals surface area contributed by atoms with Gasteiger partial charge in [-0.15, -0.1) is 0 Å². The normalized spacial score (nSPS) is 22.6. The van der Waals surface area contributed by atoms with E-state index in [1.54, 1.807) is 0 Å². The summed E-state index contributed by atoms with van der Waals surface area (Å²) in [6, 6.07) is 0. The van der Waals surface area contributed by atoms with E-state index in [9.17, 15) is 5.11 Å². The summed E-state index contributed by atoms with van der Waals surface area (Å²) in [6.07, 6.45) is 3.88. The molecule has 0 spiro atoms. The maximum absolute atomic E-state index is 9.40. The van der Waals surface area contributed by atoms with Crippen LogP contribution in [0.1, 0.15) is 39.5 Å². The van der Waals surface area contributed by atoms with Crippen molar-refractivity contribution in [3.8, 4) is 0 Å². The van der Waals surface area contributed by atoms with E-state index in [2.05, 4.69) is 12.2 Å². The van der Waals surface area contributed by atoms with Gasteiger partial charge in [0.05, 0.1) is 6.10 Å². The van der Waals surface area contributed by atoms with Crippen molar-refractivity contribution in [2.45, 2.75) is 45.6 Å². The molecule has 0 aromatic heterocycles. The lowest BCUT2D eigenvalue weighted by atomic mass is 9.82. The Balaban J connectivity index is 2.08. The highest BCUT2D eigenvalue weighted by Gasteiger charge is 2.26. The molecule has 0 bridgehead atoms. The number of rotatable bonds is 6. The third kappa shape index (κ3) is 4.96. The highest BCUT2D eigenvalue weighted by atomic mass is 16.5. The van der Waals surface area contributed by atoms with Crippen LogP contribution in [0.4, 0.5) is 0 Å². The summed E-state index contributed by atoms with van der Waals surface area (Å²) in [5, 5.41) is 12.8. The van der Waals surface area contributed by atoms with Crippen LogP contribution in [0, 0.1) is 5.41 Å². The summed E-state index contributed by atoms with van der Waals surface area (Å²) < 4.78 is 5.36. The summed E-state index contributed by atoms with van der Waals surface area (Å²) in [5.41, 5.74) is 0.398. The number of aliphatic hydroxyl groups excluding tert-OH is 1. The minimum Gasteiger partial charge on any atom is -0.393 e. The summed E-state index contributed by atoms with van der Waals surface area (Å²) in [6.45, 7) is 8.10. The molecule has 90 valence electrons. The van der Waals surface area contributed by atoms with Crippen molar-refractivity contribution in [1.82, 2.24) is 5.32 Å². The topological polar surface area (TPSA) is 41.5 Å². The van der Waals surface area contributed by atoms with Crippen molar-refractivity contribution in [2.75, 3.05) is 26.3 Å². The lowest BCUT2D eigenvalue weighted by molar-refractivity contribution is 0.0237. The molecule has 0 amide bonds. The molecule has 1 saturated heterocycles. The fraction of sp³-hybridized carbons (Fsp3) is 1.00. The quantitative estimate of drug-likeness (QED) is 0.661. The molecule has 0 aromatic carbocycles. The number of hydrogen-bond donors (Lipinski definition) is 2. The lowest BCUT2D eigenvalue weighted by Crippen LogP contribution is -2.37. The van der Waals surface area contributed by atoms with Gasteiger partial charge in [-0.3, -0.25) is 0 Å². The maximum Gasteiger partial charge on any atom is 0.0549 e. The molecule has 2 N–H and O–H groups in total. The van der Waals surface area contributed by atoms with E-state index in [0.717, 1.165) is 52.0 Å². The molecule has 3 heteroatoms. The van der Waals surface area contributed by atoms with Gasteiger partial charge in [-0.1, -0.05) is 13.8 Å². The lowest BCUT2D eigenvalue weighted by Gasteiger charge is -2.33. The monoisotopic (exact) mass is 215 g/mol. The minimum absolute atomic E-state index is 0.139. The van der Waals surface area contributed by atoms with E-state index in [0.29, 0.717) is 5.41 Å². The number of ether oxygens (including phenoxy) is 1. The number of aliphatic hydroxyl groups is 1. The second-order valence-corrected chi connectivity index (χ2v) is 4.95. The Morgan fingerprint density at radius 3 is 2.67 bits per heavy atom. The molecule has 1 heterocycles. The van der Waals surface area contributed by atoms with Crippen LogP contribution in [-0.2, 0) is 4.74 Å². The Morgan fingerprint density at radius 1 is 1.40 bits per heavy atom. The molecule has 15 heavy (non-hydrogen) atoms. The molecule has 0 aromatic rings. The van der Waals surface area contributed by atoms with E-state index in [4.69, 9.17) is 4.74 Å². The molecule has 3 nitrogen and oxygen atoms in total. The van der Waals surface area contributed by atoms with Gasteiger partial charge in [-0.2, -0.15) is 0 Å². The van der Waals surface area contributed by atoms with Crippen LogP contribution in [0.3, 0.4) is 0 Å². The Bertz CT molecular complexity index is 167. The predicted molar refractivity (Wildman–Crippen MR) is 61.9 cm³/mol. The third-order valence-electron chi connectivity index (χ3n) is 3.38. The van der Waals surface area contributed by atoms with Crippen LogP contribution in [0.2, 0.25) is 0 Å². The van der Waals surface area contributed by atoms with Crippen LogP contribution in [0.5, 0.6) is 0 Å². The van der Waals surface area contributed by atoms with Crippen LogP contribution in [-0.4, -0.2) is 37.5 Å². The van der Waals surface area contributed by atoms with Crippen LogP contribution in [0.15, 0.2) is 0 Å². The average molecular weight is 215 g/mol. The van der Waals surface area contributed by atoms with Crippen LogP contribution < -0.4 is 5.32 Å². The highest BCUT2D eigenvalue weighted by molar-refractivity contribution is 4.79. The van der Waals surface area contributed by atoms with Gasteiger partial charge in [-0.05, 0) is 37.6 Å². The van der Waals surface area contributed by atoms with E-state index in [-0.39, 0.29) is 6.10 Å². The fourth-order valence-corrected chi connectivity index (χ4v) is 1.90. The minimum atomic E-state index is -0.139. The first-order valence-electron chi connectivity index (χ1n) is 6.13. The van der Waals surface area contributed by atoms with Crippen molar-refractivity contribution in [1.29, 1.82) is 0 Å². The molecule has 0 radical (unpaired) electrons. The Kier molecular flexibility index (Phi) is 5.58. The maximum atomic E-state index is 9.40. The Morgan fingerprint density at radius 2 is 2.07 bits per heavy atom. The van der Waals surface area contributed by atoms with Crippen molar-refractivity contribution in [3.05, 3.63) is 0 Å². The standard InChI is InChI=1S/C12H25NO2/c1-3-11(14)4-7-13-10-12(2)5-8-15-9-6-12/h11,13-14H,3-10H2,1-2H3. The highest BCUT2D eigenvalue weighted by Crippen LogP contribution is 2.28. The molecular formula is C12H25NO2. The van der Waals surface area contributed by atoms with Gasteiger partial charge >= 0.3 is 0 Å². The molecular weight excluding hydrogens is 190 g/mol. The van der Waals surface area contributed by atoms with Crippen molar-refractivity contribution in [2.24, 2.45) is 5.41 Å².